The molecule has 0 bridgehead atoms. The summed E-state index contributed by atoms with van der Waals surface area (Å²) in [6.45, 7) is 4.02. The second kappa shape index (κ2) is 4.70. The minimum Gasteiger partial charge on any atom is -0.339 e. The van der Waals surface area contributed by atoms with Crippen molar-refractivity contribution in [1.29, 1.82) is 0 Å². The van der Waals surface area contributed by atoms with Crippen LogP contribution in [0.25, 0.3) is 0 Å². The molecular formula is C16H21N3O. The molecule has 0 radical (unpaired) electrons. The molecule has 2 aromatic rings. The molecule has 3 rings (SSSR count). The van der Waals surface area contributed by atoms with Crippen molar-refractivity contribution >= 4 is 0 Å². The molecule has 1 aliphatic rings. The third kappa shape index (κ3) is 2.61. The largest absolute Gasteiger partial charge is 0.339 e. The molecule has 106 valence electrons. The van der Waals surface area contributed by atoms with Crippen LogP contribution in [0.2, 0.25) is 0 Å². The van der Waals surface area contributed by atoms with Crippen LogP contribution >= 0.6 is 0 Å². The van der Waals surface area contributed by atoms with Gasteiger partial charge in [-0.3, -0.25) is 0 Å². The molecule has 1 aromatic heterocycles. The lowest BCUT2D eigenvalue weighted by atomic mass is 9.95. The van der Waals surface area contributed by atoms with Crippen molar-refractivity contribution in [2.75, 3.05) is 0 Å². The zero-order valence-corrected chi connectivity index (χ0v) is 12.1. The molecule has 4 heteroatoms. The lowest BCUT2D eigenvalue weighted by Gasteiger charge is -2.16. The van der Waals surface area contributed by atoms with Gasteiger partial charge < -0.3 is 10.3 Å². The fraction of sp³-hybridized carbons (Fsp3) is 0.500. The van der Waals surface area contributed by atoms with E-state index in [-0.39, 0.29) is 11.0 Å². The normalized spacial score (nSPS) is 17.1. The summed E-state index contributed by atoms with van der Waals surface area (Å²) in [4.78, 5) is 4.59. The zero-order valence-electron chi connectivity index (χ0n) is 12.1. The standard InChI is InChI=1S/C16H21N3O/c1-15(2,17)9-8-13-18-14(19-20-13)16(10-11-16)12-6-4-3-5-7-12/h3-7H,8-11,17H2,1-2H3. The third-order valence-electron chi connectivity index (χ3n) is 3.96. The molecule has 1 aromatic carbocycles. The van der Waals surface area contributed by atoms with E-state index >= 15 is 0 Å². The van der Waals surface area contributed by atoms with Gasteiger partial charge in [0.1, 0.15) is 0 Å². The lowest BCUT2D eigenvalue weighted by molar-refractivity contribution is 0.352. The fourth-order valence-electron chi connectivity index (χ4n) is 2.50. The number of nitrogens with two attached hydrogens (primary N) is 1. The first kappa shape index (κ1) is 13.3. The molecule has 0 unspecified atom stereocenters. The molecule has 2 N–H and O–H groups in total. The second-order valence-corrected chi connectivity index (χ2v) is 6.45. The Morgan fingerprint density at radius 2 is 1.95 bits per heavy atom. The van der Waals surface area contributed by atoms with Crippen LogP contribution in [0.3, 0.4) is 0 Å². The average molecular weight is 271 g/mol. The van der Waals surface area contributed by atoms with Crippen LogP contribution in [0.15, 0.2) is 34.9 Å². The Labute approximate surface area is 119 Å². The van der Waals surface area contributed by atoms with Crippen LogP contribution in [-0.2, 0) is 11.8 Å². The van der Waals surface area contributed by atoms with Crippen molar-refractivity contribution in [3.05, 3.63) is 47.6 Å². The molecule has 1 saturated carbocycles. The molecule has 1 fully saturated rings. The number of hydrogen-bond donors (Lipinski definition) is 1. The minimum atomic E-state index is -0.203. The smallest absolute Gasteiger partial charge is 0.226 e. The monoisotopic (exact) mass is 271 g/mol. The third-order valence-corrected chi connectivity index (χ3v) is 3.96. The number of benzene rings is 1. The molecule has 0 amide bonds. The lowest BCUT2D eigenvalue weighted by Crippen LogP contribution is -2.32. The Morgan fingerprint density at radius 3 is 2.55 bits per heavy atom. The van der Waals surface area contributed by atoms with Crippen molar-refractivity contribution in [1.82, 2.24) is 10.1 Å². The first-order valence-electron chi connectivity index (χ1n) is 7.17. The van der Waals surface area contributed by atoms with Gasteiger partial charge in [-0.1, -0.05) is 35.5 Å². The first-order chi connectivity index (χ1) is 9.50. The highest BCUT2D eigenvalue weighted by atomic mass is 16.5. The van der Waals surface area contributed by atoms with Gasteiger partial charge in [0.05, 0.1) is 5.41 Å². The van der Waals surface area contributed by atoms with Crippen LogP contribution in [0.5, 0.6) is 0 Å². The zero-order chi connectivity index (χ0) is 14.2. The summed E-state index contributed by atoms with van der Waals surface area (Å²) in [5, 5.41) is 4.20. The van der Waals surface area contributed by atoms with Crippen molar-refractivity contribution < 1.29 is 4.52 Å². The van der Waals surface area contributed by atoms with Crippen molar-refractivity contribution in [3.63, 3.8) is 0 Å². The average Bonchev–Trinajstić information content (AvgIpc) is 3.09. The molecule has 0 atom stereocenters. The molecule has 0 aliphatic heterocycles. The Morgan fingerprint density at radius 1 is 1.25 bits per heavy atom. The highest BCUT2D eigenvalue weighted by Crippen LogP contribution is 2.52. The molecule has 0 saturated heterocycles. The van der Waals surface area contributed by atoms with Crippen molar-refractivity contribution in [2.45, 2.75) is 50.5 Å². The van der Waals surface area contributed by atoms with Gasteiger partial charge in [-0.25, -0.2) is 0 Å². The Kier molecular flexibility index (Phi) is 3.13. The van der Waals surface area contributed by atoms with Crippen LogP contribution < -0.4 is 5.73 Å². The van der Waals surface area contributed by atoms with E-state index in [1.165, 1.54) is 5.56 Å². The number of hydrogen-bond acceptors (Lipinski definition) is 4. The number of aromatic nitrogens is 2. The van der Waals surface area contributed by atoms with E-state index < -0.39 is 0 Å². The van der Waals surface area contributed by atoms with Crippen LogP contribution in [0.4, 0.5) is 0 Å². The van der Waals surface area contributed by atoms with Gasteiger partial charge in [0, 0.05) is 12.0 Å². The summed E-state index contributed by atoms with van der Waals surface area (Å²) in [5.74, 6) is 1.52. The van der Waals surface area contributed by atoms with Gasteiger partial charge in [0.2, 0.25) is 5.89 Å². The van der Waals surface area contributed by atoms with Crippen LogP contribution in [0, 0.1) is 0 Å². The van der Waals surface area contributed by atoms with Gasteiger partial charge >= 0.3 is 0 Å². The maximum absolute atomic E-state index is 5.99. The topological polar surface area (TPSA) is 64.9 Å². The molecule has 0 spiro atoms. The fourth-order valence-corrected chi connectivity index (χ4v) is 2.50. The summed E-state index contributed by atoms with van der Waals surface area (Å²) in [6.07, 6.45) is 3.77. The quantitative estimate of drug-likeness (QED) is 0.908. The van der Waals surface area contributed by atoms with Gasteiger partial charge in [-0.15, -0.1) is 0 Å². The Hall–Kier alpha value is -1.68. The van der Waals surface area contributed by atoms with Crippen molar-refractivity contribution in [2.24, 2.45) is 5.73 Å². The number of aryl methyl sites for hydroxylation is 1. The van der Waals surface area contributed by atoms with Crippen molar-refractivity contribution in [3.8, 4) is 0 Å². The van der Waals surface area contributed by atoms with E-state index in [0.717, 1.165) is 31.5 Å². The molecule has 1 heterocycles. The maximum Gasteiger partial charge on any atom is 0.226 e. The highest BCUT2D eigenvalue weighted by molar-refractivity contribution is 5.38. The number of nitrogens with zero attached hydrogens (tertiary/aromatic N) is 2. The van der Waals surface area contributed by atoms with Gasteiger partial charge in [-0.05, 0) is 38.7 Å². The Bertz CT molecular complexity index is 579. The van der Waals surface area contributed by atoms with E-state index in [4.69, 9.17) is 10.3 Å². The van der Waals surface area contributed by atoms with E-state index in [0.29, 0.717) is 5.89 Å². The van der Waals surface area contributed by atoms with E-state index in [9.17, 15) is 0 Å². The molecular weight excluding hydrogens is 250 g/mol. The summed E-state index contributed by atoms with van der Waals surface area (Å²) < 4.78 is 5.39. The summed E-state index contributed by atoms with van der Waals surface area (Å²) >= 11 is 0. The molecule has 1 aliphatic carbocycles. The van der Waals surface area contributed by atoms with Gasteiger partial charge in [0.15, 0.2) is 5.82 Å². The van der Waals surface area contributed by atoms with E-state index in [1.54, 1.807) is 0 Å². The maximum atomic E-state index is 5.99. The van der Waals surface area contributed by atoms with Crippen LogP contribution in [0.1, 0.15) is 50.4 Å². The second-order valence-electron chi connectivity index (χ2n) is 6.45. The SMILES string of the molecule is CC(C)(N)CCc1nc(C2(c3ccccc3)CC2)no1. The summed E-state index contributed by atoms with van der Waals surface area (Å²) in [5.41, 5.74) is 7.06. The molecule has 20 heavy (non-hydrogen) atoms. The first-order valence-corrected chi connectivity index (χ1v) is 7.17. The predicted octanol–water partition coefficient (Wildman–Crippen LogP) is 2.82. The molecule has 4 nitrogen and oxygen atoms in total. The van der Waals surface area contributed by atoms with E-state index in [1.807, 2.05) is 19.9 Å². The predicted molar refractivity (Wildman–Crippen MR) is 77.3 cm³/mol. The van der Waals surface area contributed by atoms with Crippen LogP contribution in [-0.4, -0.2) is 15.7 Å². The van der Waals surface area contributed by atoms with E-state index in [2.05, 4.69) is 34.4 Å². The Balaban J connectivity index is 1.77. The summed E-state index contributed by atoms with van der Waals surface area (Å²) in [6, 6.07) is 10.4. The summed E-state index contributed by atoms with van der Waals surface area (Å²) in [7, 11) is 0. The van der Waals surface area contributed by atoms with Gasteiger partial charge in [-0.2, -0.15) is 4.98 Å². The van der Waals surface area contributed by atoms with Gasteiger partial charge in [0.25, 0.3) is 0 Å². The minimum absolute atomic E-state index is 0.0127. The number of rotatable bonds is 5. The highest BCUT2D eigenvalue weighted by Gasteiger charge is 2.49.